The topological polar surface area (TPSA) is 55.4 Å². The zero-order valence-electron chi connectivity index (χ0n) is 19.8. The molecule has 0 bridgehead atoms. The number of ether oxygens (including phenoxy) is 1. The summed E-state index contributed by atoms with van der Waals surface area (Å²) in [6.07, 6.45) is 1.07. The number of para-hydroxylation sites is 1. The molecular formula is C23H43IN6O. The molecule has 1 atom stereocenters. The van der Waals surface area contributed by atoms with E-state index in [0.29, 0.717) is 6.04 Å². The first-order valence-electron chi connectivity index (χ1n) is 11.4. The first-order chi connectivity index (χ1) is 14.6. The van der Waals surface area contributed by atoms with Crippen LogP contribution in [0, 0.1) is 0 Å². The highest BCUT2D eigenvalue weighted by Gasteiger charge is 2.21. The minimum atomic E-state index is 0. The molecule has 0 aromatic heterocycles. The van der Waals surface area contributed by atoms with Crippen LogP contribution in [0.1, 0.15) is 20.3 Å². The van der Waals surface area contributed by atoms with Gasteiger partial charge in [-0.2, -0.15) is 0 Å². The van der Waals surface area contributed by atoms with Crippen molar-refractivity contribution in [3.05, 3.63) is 30.3 Å². The summed E-state index contributed by atoms with van der Waals surface area (Å²) >= 11 is 0. The van der Waals surface area contributed by atoms with Crippen molar-refractivity contribution in [1.29, 1.82) is 0 Å². The second-order valence-electron chi connectivity index (χ2n) is 8.00. The molecule has 2 N–H and O–H groups in total. The Bertz CT molecular complexity index is 595. The number of rotatable bonds is 12. The fourth-order valence-corrected chi connectivity index (χ4v) is 3.70. The Labute approximate surface area is 206 Å². The monoisotopic (exact) mass is 546 g/mol. The largest absolute Gasteiger partial charge is 0.385 e. The Kier molecular flexibility index (Phi) is 14.9. The summed E-state index contributed by atoms with van der Waals surface area (Å²) in [6, 6.07) is 11.2. The zero-order chi connectivity index (χ0) is 21.6. The van der Waals surface area contributed by atoms with E-state index in [2.05, 4.69) is 76.6 Å². The molecule has 1 aliphatic heterocycles. The van der Waals surface area contributed by atoms with Gasteiger partial charge in [0.05, 0.1) is 6.54 Å². The maximum absolute atomic E-state index is 5.12. The van der Waals surface area contributed by atoms with Crippen molar-refractivity contribution < 1.29 is 4.74 Å². The lowest BCUT2D eigenvalue weighted by Gasteiger charge is -2.38. The molecule has 1 aromatic rings. The summed E-state index contributed by atoms with van der Waals surface area (Å²) in [5.74, 6) is 0.914. The van der Waals surface area contributed by atoms with E-state index in [4.69, 9.17) is 9.73 Å². The van der Waals surface area contributed by atoms with Crippen molar-refractivity contribution in [1.82, 2.24) is 20.4 Å². The van der Waals surface area contributed by atoms with E-state index in [9.17, 15) is 0 Å². The van der Waals surface area contributed by atoms with Crippen molar-refractivity contribution in [3.8, 4) is 0 Å². The number of aliphatic imine (C=N–C) groups is 1. The summed E-state index contributed by atoms with van der Waals surface area (Å²) in [5.41, 5.74) is 1.33. The average Bonchev–Trinajstić information content (AvgIpc) is 2.78. The Balaban J connectivity index is 0.00000480. The maximum Gasteiger partial charge on any atom is 0.191 e. The van der Waals surface area contributed by atoms with Crippen LogP contribution in [0.2, 0.25) is 0 Å². The number of guanidine groups is 1. The molecule has 1 heterocycles. The Morgan fingerprint density at radius 2 is 1.84 bits per heavy atom. The normalized spacial score (nSPS) is 16.2. The molecule has 0 radical (unpaired) electrons. The van der Waals surface area contributed by atoms with Gasteiger partial charge in [0.15, 0.2) is 5.96 Å². The molecule has 1 unspecified atom stereocenters. The average molecular weight is 547 g/mol. The van der Waals surface area contributed by atoms with Crippen molar-refractivity contribution in [2.75, 3.05) is 84.6 Å². The second kappa shape index (κ2) is 16.5. The molecule has 0 spiro atoms. The van der Waals surface area contributed by atoms with Gasteiger partial charge in [-0.1, -0.05) is 18.2 Å². The van der Waals surface area contributed by atoms with Gasteiger partial charge in [0, 0.05) is 77.8 Å². The maximum atomic E-state index is 5.12. The lowest BCUT2D eigenvalue weighted by molar-refractivity contribution is 0.180. The van der Waals surface area contributed by atoms with Gasteiger partial charge in [-0.25, -0.2) is 0 Å². The van der Waals surface area contributed by atoms with E-state index < -0.39 is 0 Å². The summed E-state index contributed by atoms with van der Waals surface area (Å²) in [5, 5.41) is 6.84. The number of anilines is 1. The van der Waals surface area contributed by atoms with Crippen molar-refractivity contribution in [2.24, 2.45) is 4.99 Å². The van der Waals surface area contributed by atoms with E-state index in [-0.39, 0.29) is 24.0 Å². The first kappa shape index (κ1) is 27.9. The Hall–Kier alpha value is -1.10. The van der Waals surface area contributed by atoms with E-state index in [0.717, 1.165) is 77.9 Å². The number of nitrogens with zero attached hydrogens (tertiary/aromatic N) is 4. The van der Waals surface area contributed by atoms with Crippen LogP contribution in [0.25, 0.3) is 0 Å². The quantitative estimate of drug-likeness (QED) is 0.182. The number of hydrogen-bond acceptors (Lipinski definition) is 5. The van der Waals surface area contributed by atoms with Crippen molar-refractivity contribution in [2.45, 2.75) is 26.3 Å². The number of benzene rings is 1. The molecule has 2 rings (SSSR count). The molecule has 1 aliphatic rings. The molecule has 1 fully saturated rings. The van der Waals surface area contributed by atoms with Crippen LogP contribution in [0.15, 0.2) is 35.3 Å². The standard InChI is InChI=1S/C23H42N6O.HI/c1-5-24-23(25-12-14-27(3)13-9-19-30-4)26-20-21(2)28-15-17-29(18-16-28)22-10-7-6-8-11-22;/h6-8,10-11,21H,5,9,12-20H2,1-4H3,(H2,24,25,26);1H. The van der Waals surface area contributed by atoms with Crippen LogP contribution in [-0.2, 0) is 4.74 Å². The van der Waals surface area contributed by atoms with Crippen LogP contribution < -0.4 is 15.5 Å². The Morgan fingerprint density at radius 1 is 1.13 bits per heavy atom. The van der Waals surface area contributed by atoms with Crippen LogP contribution in [0.5, 0.6) is 0 Å². The van der Waals surface area contributed by atoms with Gasteiger partial charge in [-0.05, 0) is 39.4 Å². The predicted molar refractivity (Wildman–Crippen MR) is 143 cm³/mol. The van der Waals surface area contributed by atoms with Crippen molar-refractivity contribution >= 4 is 35.6 Å². The lowest BCUT2D eigenvalue weighted by atomic mass is 10.2. The smallest absolute Gasteiger partial charge is 0.191 e. The van der Waals surface area contributed by atoms with Crippen LogP contribution in [0.4, 0.5) is 5.69 Å². The molecule has 178 valence electrons. The highest BCUT2D eigenvalue weighted by Crippen LogP contribution is 2.16. The number of likely N-dealkylation sites (N-methyl/N-ethyl adjacent to an activating group) is 1. The first-order valence-corrected chi connectivity index (χ1v) is 11.4. The number of halogens is 1. The molecule has 8 heteroatoms. The molecule has 1 aromatic carbocycles. The van der Waals surface area contributed by atoms with Crippen LogP contribution >= 0.6 is 24.0 Å². The van der Waals surface area contributed by atoms with Crippen LogP contribution in [0.3, 0.4) is 0 Å². The fraction of sp³-hybridized carbons (Fsp3) is 0.696. The van der Waals surface area contributed by atoms with Gasteiger partial charge in [-0.15, -0.1) is 24.0 Å². The number of hydrogen-bond donors (Lipinski definition) is 2. The van der Waals surface area contributed by atoms with E-state index in [1.165, 1.54) is 5.69 Å². The highest BCUT2D eigenvalue weighted by molar-refractivity contribution is 14.0. The molecule has 0 amide bonds. The van der Waals surface area contributed by atoms with Gasteiger partial charge in [0.25, 0.3) is 0 Å². The highest BCUT2D eigenvalue weighted by atomic mass is 127. The van der Waals surface area contributed by atoms with Gasteiger partial charge in [0.2, 0.25) is 0 Å². The summed E-state index contributed by atoms with van der Waals surface area (Å²) in [4.78, 5) is 12.2. The predicted octanol–water partition coefficient (Wildman–Crippen LogP) is 2.34. The SMILES string of the molecule is CCNC(=NCC(C)N1CCN(c2ccccc2)CC1)NCCN(C)CCCOC.I. The summed E-state index contributed by atoms with van der Waals surface area (Å²) < 4.78 is 5.12. The molecule has 1 saturated heterocycles. The summed E-state index contributed by atoms with van der Waals surface area (Å²) in [6.45, 7) is 14.2. The number of nitrogens with one attached hydrogen (secondary N) is 2. The van der Waals surface area contributed by atoms with E-state index >= 15 is 0 Å². The second-order valence-corrected chi connectivity index (χ2v) is 8.00. The third-order valence-electron chi connectivity index (χ3n) is 5.59. The minimum Gasteiger partial charge on any atom is -0.385 e. The van der Waals surface area contributed by atoms with E-state index in [1.807, 2.05) is 0 Å². The van der Waals surface area contributed by atoms with Gasteiger partial charge in [-0.3, -0.25) is 9.89 Å². The lowest BCUT2D eigenvalue weighted by Crippen LogP contribution is -2.50. The minimum absolute atomic E-state index is 0. The van der Waals surface area contributed by atoms with Gasteiger partial charge in [0.1, 0.15) is 0 Å². The number of piperazine rings is 1. The zero-order valence-corrected chi connectivity index (χ0v) is 22.2. The van der Waals surface area contributed by atoms with Crippen LogP contribution in [-0.4, -0.2) is 101 Å². The molecule has 0 aliphatic carbocycles. The molecular weight excluding hydrogens is 503 g/mol. The Morgan fingerprint density at radius 3 is 2.48 bits per heavy atom. The van der Waals surface area contributed by atoms with Gasteiger partial charge < -0.3 is 25.2 Å². The summed E-state index contributed by atoms with van der Waals surface area (Å²) in [7, 11) is 3.91. The third-order valence-corrected chi connectivity index (χ3v) is 5.59. The van der Waals surface area contributed by atoms with E-state index in [1.54, 1.807) is 7.11 Å². The fourth-order valence-electron chi connectivity index (χ4n) is 3.70. The third kappa shape index (κ3) is 10.9. The number of methoxy groups -OCH3 is 1. The van der Waals surface area contributed by atoms with Gasteiger partial charge >= 0.3 is 0 Å². The molecule has 0 saturated carbocycles. The molecule has 7 nitrogen and oxygen atoms in total. The molecule has 31 heavy (non-hydrogen) atoms. The van der Waals surface area contributed by atoms with Crippen molar-refractivity contribution in [3.63, 3.8) is 0 Å².